The number of nitrogens with zero attached hydrogens (tertiary/aromatic N) is 2. The van der Waals surface area contributed by atoms with Gasteiger partial charge >= 0.3 is 0 Å². The summed E-state index contributed by atoms with van der Waals surface area (Å²) in [5.74, 6) is -0.347. The number of H-pyrrole nitrogens is 1. The molecule has 3 rings (SSSR count). The second-order valence-corrected chi connectivity index (χ2v) is 4.37. The number of hydrogen-bond acceptors (Lipinski definition) is 4. The predicted octanol–water partition coefficient (Wildman–Crippen LogP) is 1.50. The monoisotopic (exact) mass is 287 g/mol. The number of aromatic amines is 1. The fraction of sp³-hybridized carbons (Fsp3) is 0.0714. The fourth-order valence-electron chi connectivity index (χ4n) is 2.05. The van der Waals surface area contributed by atoms with Crippen LogP contribution in [0.3, 0.4) is 0 Å². The van der Waals surface area contributed by atoms with Crippen LogP contribution >= 0.6 is 0 Å². The number of hydrogen-bond donors (Lipinski definition) is 1. The van der Waals surface area contributed by atoms with Crippen LogP contribution < -0.4 is 5.56 Å². The number of benzene rings is 1. The maximum Gasteiger partial charge on any atom is 0.293 e. The van der Waals surface area contributed by atoms with Gasteiger partial charge in [0.2, 0.25) is 0 Å². The van der Waals surface area contributed by atoms with Gasteiger partial charge in [0.05, 0.1) is 5.56 Å². The van der Waals surface area contributed by atoms with Crippen LogP contribution in [0.4, 0.5) is 4.39 Å². The zero-order chi connectivity index (χ0) is 14.8. The molecule has 0 aliphatic carbocycles. The Hall–Kier alpha value is -2.96. The van der Waals surface area contributed by atoms with Gasteiger partial charge in [-0.1, -0.05) is 12.1 Å². The zero-order valence-electron chi connectivity index (χ0n) is 10.7. The first-order chi connectivity index (χ1) is 10.2. The molecule has 0 saturated heterocycles. The zero-order valence-corrected chi connectivity index (χ0v) is 10.7. The molecule has 1 aromatic carbocycles. The molecule has 3 aromatic rings. The van der Waals surface area contributed by atoms with Gasteiger partial charge in [0, 0.05) is 11.8 Å². The predicted molar refractivity (Wildman–Crippen MR) is 72.1 cm³/mol. The average Bonchev–Trinajstić information content (AvgIpc) is 2.89. The number of rotatable bonds is 4. The summed E-state index contributed by atoms with van der Waals surface area (Å²) in [5, 5.41) is 4.17. The molecule has 0 spiro atoms. The first-order valence-electron chi connectivity index (χ1n) is 6.11. The Kier molecular flexibility index (Phi) is 3.23. The molecule has 2 aromatic heterocycles. The summed E-state index contributed by atoms with van der Waals surface area (Å²) in [7, 11) is 0. The molecule has 0 fully saturated rings. The van der Waals surface area contributed by atoms with Crippen molar-refractivity contribution in [3.63, 3.8) is 0 Å². The minimum Gasteiger partial charge on any atom is -0.463 e. The second kappa shape index (κ2) is 5.20. The lowest BCUT2D eigenvalue weighted by Crippen LogP contribution is -2.13. The van der Waals surface area contributed by atoms with Crippen molar-refractivity contribution in [2.75, 3.05) is 0 Å². The number of nitrogens with one attached hydrogen (secondary N) is 1. The molecule has 0 aliphatic rings. The van der Waals surface area contributed by atoms with Crippen molar-refractivity contribution in [2.45, 2.75) is 6.61 Å². The van der Waals surface area contributed by atoms with Crippen LogP contribution in [-0.2, 0) is 16.1 Å². The highest BCUT2D eigenvalue weighted by Gasteiger charge is 2.11. The molecule has 0 bridgehead atoms. The Bertz CT molecular complexity index is 869. The largest absolute Gasteiger partial charge is 0.463 e. The van der Waals surface area contributed by atoms with Gasteiger partial charge in [-0.05, 0) is 18.2 Å². The van der Waals surface area contributed by atoms with Gasteiger partial charge in [-0.15, -0.1) is 5.10 Å². The summed E-state index contributed by atoms with van der Waals surface area (Å²) in [6.45, 7) is 0.367. The van der Waals surface area contributed by atoms with E-state index in [2.05, 4.69) is 14.8 Å². The van der Waals surface area contributed by atoms with Gasteiger partial charge in [-0.3, -0.25) is 9.59 Å². The van der Waals surface area contributed by atoms with Gasteiger partial charge in [0.15, 0.2) is 5.82 Å². The summed E-state index contributed by atoms with van der Waals surface area (Å²) in [6.07, 6.45) is 1.55. The summed E-state index contributed by atoms with van der Waals surface area (Å²) in [4.78, 5) is 24.7. The van der Waals surface area contributed by atoms with E-state index in [9.17, 15) is 14.0 Å². The van der Waals surface area contributed by atoms with Crippen LogP contribution in [0, 0.1) is 5.82 Å². The maximum absolute atomic E-state index is 13.7. The number of carbonyl (C=O) groups is 1. The van der Waals surface area contributed by atoms with E-state index in [1.54, 1.807) is 24.4 Å². The lowest BCUT2D eigenvalue weighted by atomic mass is 10.2. The third kappa shape index (κ3) is 2.40. The molecule has 0 amide bonds. The molecule has 0 atom stereocenters. The van der Waals surface area contributed by atoms with E-state index in [4.69, 9.17) is 0 Å². The lowest BCUT2D eigenvalue weighted by molar-refractivity contribution is -0.129. The summed E-state index contributed by atoms with van der Waals surface area (Å²) in [6, 6.07) is 7.58. The van der Waals surface area contributed by atoms with Gasteiger partial charge in [0.1, 0.15) is 17.9 Å². The summed E-state index contributed by atoms with van der Waals surface area (Å²) >= 11 is 0. The van der Waals surface area contributed by atoms with Crippen LogP contribution in [0.5, 0.6) is 0 Å². The SMILES string of the molecule is O=COCc1cc2c(=O)[nH]c(-c3ccccc3F)nn2c1. The van der Waals surface area contributed by atoms with Crippen LogP contribution in [0.15, 0.2) is 41.3 Å². The minimum atomic E-state index is -0.475. The molecule has 2 heterocycles. The standard InChI is InChI=1S/C14H10FN3O3/c15-11-4-2-1-3-10(11)13-16-14(20)12-5-9(7-21-8-19)6-18(12)17-13/h1-6,8H,7H2,(H,16,17,20). The number of fused-ring (bicyclic) bond motifs is 1. The molecule has 21 heavy (non-hydrogen) atoms. The van der Waals surface area contributed by atoms with Gasteiger partial charge in [-0.2, -0.15) is 0 Å². The smallest absolute Gasteiger partial charge is 0.293 e. The van der Waals surface area contributed by atoms with Crippen LogP contribution in [0.1, 0.15) is 5.56 Å². The van der Waals surface area contributed by atoms with Crippen LogP contribution in [-0.4, -0.2) is 21.1 Å². The van der Waals surface area contributed by atoms with E-state index in [1.165, 1.54) is 16.6 Å². The first-order valence-corrected chi connectivity index (χ1v) is 6.11. The topological polar surface area (TPSA) is 76.5 Å². The molecule has 6 nitrogen and oxygen atoms in total. The van der Waals surface area contributed by atoms with Gasteiger partial charge in [0.25, 0.3) is 12.0 Å². The van der Waals surface area contributed by atoms with Crippen molar-refractivity contribution >= 4 is 12.0 Å². The minimum absolute atomic E-state index is 0.0430. The Morgan fingerprint density at radius 3 is 2.95 bits per heavy atom. The normalized spacial score (nSPS) is 10.7. The van der Waals surface area contributed by atoms with Crippen molar-refractivity contribution in [3.05, 3.63) is 58.3 Å². The number of carbonyl (C=O) groups excluding carboxylic acids is 1. The highest BCUT2D eigenvalue weighted by Crippen LogP contribution is 2.17. The Labute approximate surface area is 117 Å². The summed E-state index contributed by atoms with van der Waals surface area (Å²) < 4.78 is 19.7. The van der Waals surface area contributed by atoms with E-state index < -0.39 is 11.4 Å². The number of aromatic nitrogens is 3. The fourth-order valence-corrected chi connectivity index (χ4v) is 2.05. The maximum atomic E-state index is 13.7. The first kappa shape index (κ1) is 13.0. The van der Waals surface area contributed by atoms with Gasteiger partial charge in [-0.25, -0.2) is 8.91 Å². The Morgan fingerprint density at radius 1 is 1.38 bits per heavy atom. The van der Waals surface area contributed by atoms with Crippen LogP contribution in [0.25, 0.3) is 16.9 Å². The molecule has 0 aliphatic heterocycles. The van der Waals surface area contributed by atoms with Crippen molar-refractivity contribution < 1.29 is 13.9 Å². The highest BCUT2D eigenvalue weighted by atomic mass is 19.1. The number of ether oxygens (including phenoxy) is 1. The van der Waals surface area contributed by atoms with Crippen molar-refractivity contribution in [2.24, 2.45) is 0 Å². The highest BCUT2D eigenvalue weighted by molar-refractivity contribution is 5.57. The van der Waals surface area contributed by atoms with E-state index in [1.807, 2.05) is 0 Å². The van der Waals surface area contributed by atoms with Gasteiger partial charge < -0.3 is 9.72 Å². The van der Waals surface area contributed by atoms with E-state index in [0.717, 1.165) is 0 Å². The molecule has 7 heteroatoms. The molecule has 106 valence electrons. The quantitative estimate of drug-likeness (QED) is 0.738. The summed E-state index contributed by atoms with van der Waals surface area (Å²) in [5.41, 5.74) is 0.710. The average molecular weight is 287 g/mol. The lowest BCUT2D eigenvalue weighted by Gasteiger charge is -2.02. The van der Waals surface area contributed by atoms with E-state index >= 15 is 0 Å². The molecular formula is C14H10FN3O3. The Morgan fingerprint density at radius 2 is 2.19 bits per heavy atom. The third-order valence-electron chi connectivity index (χ3n) is 2.98. The third-order valence-corrected chi connectivity index (χ3v) is 2.98. The molecule has 0 radical (unpaired) electrons. The molecule has 0 unspecified atom stereocenters. The Balaban J connectivity index is 2.12. The molecule has 0 saturated carbocycles. The number of halogens is 1. The molecular weight excluding hydrogens is 277 g/mol. The van der Waals surface area contributed by atoms with Crippen molar-refractivity contribution in [1.82, 2.24) is 14.6 Å². The van der Waals surface area contributed by atoms with E-state index in [0.29, 0.717) is 17.6 Å². The van der Waals surface area contributed by atoms with Crippen molar-refractivity contribution in [1.29, 1.82) is 0 Å². The molecule has 1 N–H and O–H groups in total. The van der Waals surface area contributed by atoms with E-state index in [-0.39, 0.29) is 18.0 Å². The second-order valence-electron chi connectivity index (χ2n) is 4.37. The van der Waals surface area contributed by atoms with Crippen LogP contribution in [0.2, 0.25) is 0 Å². The van der Waals surface area contributed by atoms with Crippen molar-refractivity contribution in [3.8, 4) is 11.4 Å².